The number of nitrogens with one attached hydrogen (secondary N) is 1. The van der Waals surface area contributed by atoms with Gasteiger partial charge in [0.25, 0.3) is 0 Å². The fourth-order valence-electron chi connectivity index (χ4n) is 12.7. The molecule has 0 saturated heterocycles. The number of hydrogen-bond acceptors (Lipinski definition) is 4. The number of amides is 2. The predicted molar refractivity (Wildman–Crippen MR) is 223 cm³/mol. The number of allylic oxidation sites excluding steroid dienone is 4. The normalized spacial score (nSPS) is 34.1. The number of rotatable bonds is 8. The zero-order chi connectivity index (χ0) is 39.1. The summed E-state index contributed by atoms with van der Waals surface area (Å²) in [6.07, 6.45) is 11.9. The number of carbonyl (C=O) groups excluding carboxylic acids is 2. The molecule has 6 nitrogen and oxygen atoms in total. The van der Waals surface area contributed by atoms with Gasteiger partial charge in [-0.1, -0.05) is 129 Å². The Kier molecular flexibility index (Phi) is 8.79. The number of fused-ring (bicyclic) bond motifs is 2. The van der Waals surface area contributed by atoms with Crippen molar-refractivity contribution in [2.24, 2.45) is 33.5 Å². The number of benzene rings is 4. The lowest BCUT2D eigenvalue weighted by Gasteiger charge is -2.71. The topological polar surface area (TPSA) is 89.9 Å². The molecule has 0 radical (unpaired) electrons. The fourth-order valence-corrected chi connectivity index (χ4v) is 12.7. The van der Waals surface area contributed by atoms with Crippen LogP contribution >= 0.6 is 0 Å². The minimum absolute atomic E-state index is 0.0108. The summed E-state index contributed by atoms with van der Waals surface area (Å²) in [6, 6.07) is 32.5. The van der Waals surface area contributed by atoms with Gasteiger partial charge < -0.3 is 20.4 Å². The van der Waals surface area contributed by atoms with Crippen LogP contribution in [0.25, 0.3) is 21.9 Å². The van der Waals surface area contributed by atoms with Crippen LogP contribution in [0.5, 0.6) is 0 Å². The maximum absolute atomic E-state index is 15.2. The molecule has 290 valence electrons. The Hall–Kier alpha value is -4.52. The third-order valence-electron chi connectivity index (χ3n) is 15.6. The maximum atomic E-state index is 15.2. The Morgan fingerprint density at radius 1 is 0.786 bits per heavy atom. The molecule has 6 aliphatic rings. The first-order chi connectivity index (χ1) is 26.8. The van der Waals surface area contributed by atoms with Crippen LogP contribution in [-0.2, 0) is 6.54 Å². The highest BCUT2D eigenvalue weighted by molar-refractivity contribution is 6.10. The molecule has 10 rings (SSSR count). The summed E-state index contributed by atoms with van der Waals surface area (Å²) in [6.45, 7) is 9.19. The van der Waals surface area contributed by atoms with Crippen molar-refractivity contribution >= 4 is 22.6 Å². The Labute approximate surface area is 331 Å². The van der Waals surface area contributed by atoms with E-state index in [0.29, 0.717) is 24.9 Å². The van der Waals surface area contributed by atoms with E-state index in [0.717, 1.165) is 65.1 Å². The van der Waals surface area contributed by atoms with E-state index in [-0.39, 0.29) is 41.7 Å². The van der Waals surface area contributed by atoms with E-state index in [1.165, 1.54) is 0 Å². The monoisotopic (exact) mass is 748 g/mol. The molecular formula is C50H56N2O4. The second kappa shape index (κ2) is 13.3. The van der Waals surface area contributed by atoms with Crippen LogP contribution in [0.15, 0.2) is 121 Å². The highest BCUT2D eigenvalue weighted by Crippen LogP contribution is 2.78. The van der Waals surface area contributed by atoms with Gasteiger partial charge in [-0.2, -0.15) is 0 Å². The quantitative estimate of drug-likeness (QED) is 0.124. The van der Waals surface area contributed by atoms with Gasteiger partial charge in [0, 0.05) is 40.0 Å². The molecule has 3 saturated carbocycles. The number of ketones is 1. The second-order valence-corrected chi connectivity index (χ2v) is 18.7. The zero-order valence-corrected chi connectivity index (χ0v) is 33.3. The molecule has 6 heteroatoms. The van der Waals surface area contributed by atoms with E-state index in [4.69, 9.17) is 0 Å². The molecule has 2 amide bonds. The summed E-state index contributed by atoms with van der Waals surface area (Å²) >= 11 is 0. The van der Waals surface area contributed by atoms with Gasteiger partial charge >= 0.3 is 6.03 Å². The van der Waals surface area contributed by atoms with Crippen molar-refractivity contribution in [2.75, 3.05) is 6.54 Å². The summed E-state index contributed by atoms with van der Waals surface area (Å²) < 4.78 is 0. The first-order valence-corrected chi connectivity index (χ1v) is 20.9. The predicted octanol–water partition coefficient (Wildman–Crippen LogP) is 9.90. The molecule has 6 aliphatic carbocycles. The van der Waals surface area contributed by atoms with Gasteiger partial charge in [-0.25, -0.2) is 4.79 Å². The highest BCUT2D eigenvalue weighted by Gasteiger charge is 2.74. The Balaban J connectivity index is 1.11. The number of nitrogens with zero attached hydrogens (tertiary/aromatic N) is 1. The van der Waals surface area contributed by atoms with E-state index in [2.05, 4.69) is 73.8 Å². The molecule has 2 spiro atoms. The van der Waals surface area contributed by atoms with Crippen molar-refractivity contribution in [1.29, 1.82) is 0 Å². The minimum atomic E-state index is -1.18. The van der Waals surface area contributed by atoms with Crippen LogP contribution < -0.4 is 5.32 Å². The van der Waals surface area contributed by atoms with Gasteiger partial charge in [-0.3, -0.25) is 4.79 Å². The van der Waals surface area contributed by atoms with Gasteiger partial charge in [0.2, 0.25) is 0 Å². The largest absolute Gasteiger partial charge is 0.393 e. The SMILES string of the molecule is CC(C)NC(=O)N(Cc1cccc2ccccc12)CC1(O)CCC2C34C=CC5(C=C3C(=O)c3ccc(-c6ccccc6)cc3)CC(O)CCC5(C)C4CCC21C. The van der Waals surface area contributed by atoms with Gasteiger partial charge in [-0.05, 0) is 104 Å². The Bertz CT molecular complexity index is 2240. The standard InChI is InChI=1S/C50H56N2O4/c1-33(2)51-45(55)52(31-38-15-10-14-36-13-8-9-16-40(36)38)32-49(56)26-23-43-47(49,4)25-22-42-46(3)24-21-39(53)29-48(46)27-28-50(42,43)41(30-48)44(54)37-19-17-35(18-20-37)34-11-6-5-7-12-34/h5-20,27-28,30,33,39,42-43,53,56H,21-26,29,31-32H2,1-4H3,(H,51,55). The van der Waals surface area contributed by atoms with Crippen LogP contribution in [0.3, 0.4) is 0 Å². The van der Waals surface area contributed by atoms with E-state index in [1.807, 2.05) is 79.4 Å². The average Bonchev–Trinajstić information content (AvgIpc) is 3.47. The molecule has 0 aromatic heterocycles. The first kappa shape index (κ1) is 37.1. The maximum Gasteiger partial charge on any atom is 0.317 e. The van der Waals surface area contributed by atoms with Crippen LogP contribution in [0.4, 0.5) is 4.79 Å². The van der Waals surface area contributed by atoms with Crippen molar-refractivity contribution < 1.29 is 19.8 Å². The van der Waals surface area contributed by atoms with Crippen molar-refractivity contribution in [2.45, 2.75) is 96.9 Å². The van der Waals surface area contributed by atoms with Crippen molar-refractivity contribution in [1.82, 2.24) is 10.2 Å². The Morgan fingerprint density at radius 2 is 1.45 bits per heavy atom. The van der Waals surface area contributed by atoms with Gasteiger partial charge in [0.05, 0.1) is 18.2 Å². The Morgan fingerprint density at radius 3 is 2.21 bits per heavy atom. The smallest absolute Gasteiger partial charge is 0.317 e. The summed E-state index contributed by atoms with van der Waals surface area (Å²) in [5.41, 5.74) is 1.90. The molecule has 2 bridgehead atoms. The summed E-state index contributed by atoms with van der Waals surface area (Å²) in [5, 5.41) is 29.7. The van der Waals surface area contributed by atoms with Gasteiger partial charge in [0.1, 0.15) is 0 Å². The average molecular weight is 749 g/mol. The molecule has 3 N–H and O–H groups in total. The first-order valence-electron chi connectivity index (χ1n) is 20.9. The molecular weight excluding hydrogens is 693 g/mol. The van der Waals surface area contributed by atoms with Crippen LogP contribution in [0.2, 0.25) is 0 Å². The van der Waals surface area contributed by atoms with Crippen molar-refractivity contribution in [3.63, 3.8) is 0 Å². The summed E-state index contributed by atoms with van der Waals surface area (Å²) in [7, 11) is 0. The number of carbonyl (C=O) groups is 2. The minimum Gasteiger partial charge on any atom is -0.393 e. The molecule has 8 unspecified atom stereocenters. The molecule has 0 aliphatic heterocycles. The molecule has 56 heavy (non-hydrogen) atoms. The number of hydrogen-bond donors (Lipinski definition) is 3. The lowest BCUT2D eigenvalue weighted by atomic mass is 9.32. The van der Waals surface area contributed by atoms with Crippen LogP contribution in [0, 0.1) is 33.5 Å². The lowest BCUT2D eigenvalue weighted by Crippen LogP contribution is -2.67. The lowest BCUT2D eigenvalue weighted by molar-refractivity contribution is -0.174. The number of aliphatic hydroxyl groups excluding tert-OH is 1. The fraction of sp³-hybridized carbons (Fsp3) is 0.440. The number of urea groups is 1. The van der Waals surface area contributed by atoms with Crippen LogP contribution in [-0.4, -0.2) is 51.2 Å². The van der Waals surface area contributed by atoms with Crippen molar-refractivity contribution in [3.8, 4) is 11.1 Å². The highest BCUT2D eigenvalue weighted by atomic mass is 16.3. The molecule has 3 fully saturated rings. The molecule has 4 aromatic rings. The number of Topliss-reactive ketones (excluding diaryl/α,β-unsaturated/α-hetero) is 1. The molecule has 8 atom stereocenters. The van der Waals surface area contributed by atoms with Gasteiger partial charge in [0.15, 0.2) is 5.78 Å². The van der Waals surface area contributed by atoms with Crippen LogP contribution in [0.1, 0.15) is 88.6 Å². The van der Waals surface area contributed by atoms with E-state index >= 15 is 4.79 Å². The third-order valence-corrected chi connectivity index (χ3v) is 15.6. The summed E-state index contributed by atoms with van der Waals surface area (Å²) in [5.74, 6) is 0.230. The number of aliphatic hydroxyl groups is 2. The van der Waals surface area contributed by atoms with E-state index < -0.39 is 27.9 Å². The zero-order valence-electron chi connectivity index (χ0n) is 33.3. The summed E-state index contributed by atoms with van der Waals surface area (Å²) in [4.78, 5) is 31.1. The van der Waals surface area contributed by atoms with E-state index in [9.17, 15) is 15.0 Å². The second-order valence-electron chi connectivity index (χ2n) is 18.7. The van der Waals surface area contributed by atoms with Gasteiger partial charge in [-0.15, -0.1) is 0 Å². The van der Waals surface area contributed by atoms with E-state index in [1.54, 1.807) is 0 Å². The third kappa shape index (κ3) is 5.42. The van der Waals surface area contributed by atoms with Crippen molar-refractivity contribution in [3.05, 3.63) is 132 Å². The molecule has 4 aromatic carbocycles. The molecule has 0 heterocycles.